The topological polar surface area (TPSA) is 64.6 Å². The van der Waals surface area contributed by atoms with E-state index in [-0.39, 0.29) is 26.3 Å². The Morgan fingerprint density at radius 1 is 0.696 bits per heavy atom. The van der Waals surface area contributed by atoms with Crippen molar-refractivity contribution in [3.63, 3.8) is 0 Å². The van der Waals surface area contributed by atoms with E-state index in [1.165, 1.54) is 0 Å². The van der Waals surface area contributed by atoms with Crippen LogP contribution >= 0.6 is 0 Å². The monoisotopic (exact) mass is 313 g/mol. The molecule has 2 aromatic rings. The Balaban J connectivity index is 1.57. The SMILES string of the molecule is O=C(CNCC(=O)OCc1ccccc1)OCc1ccccc1. The van der Waals surface area contributed by atoms with Crippen LogP contribution in [0.2, 0.25) is 0 Å². The van der Waals surface area contributed by atoms with E-state index in [0.29, 0.717) is 0 Å². The number of hydrogen-bond acceptors (Lipinski definition) is 5. The Kier molecular flexibility index (Phi) is 6.81. The Morgan fingerprint density at radius 3 is 1.48 bits per heavy atom. The van der Waals surface area contributed by atoms with Gasteiger partial charge in [0, 0.05) is 0 Å². The summed E-state index contributed by atoms with van der Waals surface area (Å²) < 4.78 is 10.2. The van der Waals surface area contributed by atoms with Crippen molar-refractivity contribution < 1.29 is 19.1 Å². The van der Waals surface area contributed by atoms with E-state index < -0.39 is 11.9 Å². The molecule has 120 valence electrons. The second kappa shape index (κ2) is 9.38. The van der Waals surface area contributed by atoms with Crippen LogP contribution in [0.3, 0.4) is 0 Å². The van der Waals surface area contributed by atoms with Crippen molar-refractivity contribution in [2.75, 3.05) is 13.1 Å². The normalized spacial score (nSPS) is 10.1. The molecule has 0 bridgehead atoms. The average Bonchev–Trinajstić information content (AvgIpc) is 2.60. The van der Waals surface area contributed by atoms with Gasteiger partial charge in [-0.15, -0.1) is 0 Å². The van der Waals surface area contributed by atoms with Crippen molar-refractivity contribution in [3.05, 3.63) is 71.8 Å². The number of carbonyl (C=O) groups is 2. The van der Waals surface area contributed by atoms with E-state index in [0.717, 1.165) is 11.1 Å². The maximum absolute atomic E-state index is 11.5. The van der Waals surface area contributed by atoms with Crippen LogP contribution in [-0.4, -0.2) is 25.0 Å². The molecule has 2 rings (SSSR count). The molecule has 5 heteroatoms. The number of nitrogens with one attached hydrogen (secondary N) is 1. The third-order valence-electron chi connectivity index (χ3n) is 3.02. The highest BCUT2D eigenvalue weighted by molar-refractivity contribution is 5.74. The maximum atomic E-state index is 11.5. The first-order valence-electron chi connectivity index (χ1n) is 7.34. The average molecular weight is 313 g/mol. The minimum Gasteiger partial charge on any atom is -0.460 e. The van der Waals surface area contributed by atoms with E-state index in [2.05, 4.69) is 5.32 Å². The molecule has 0 unspecified atom stereocenters. The van der Waals surface area contributed by atoms with Crippen molar-refractivity contribution in [1.29, 1.82) is 0 Å². The lowest BCUT2D eigenvalue weighted by Gasteiger charge is -2.07. The van der Waals surface area contributed by atoms with Crippen molar-refractivity contribution >= 4 is 11.9 Å². The summed E-state index contributed by atoms with van der Waals surface area (Å²) in [4.78, 5) is 23.1. The van der Waals surface area contributed by atoms with E-state index in [1.54, 1.807) is 0 Å². The number of esters is 2. The summed E-state index contributed by atoms with van der Waals surface area (Å²) in [6, 6.07) is 18.8. The largest absolute Gasteiger partial charge is 0.460 e. The molecule has 0 aliphatic heterocycles. The van der Waals surface area contributed by atoms with Crippen LogP contribution in [0, 0.1) is 0 Å². The van der Waals surface area contributed by atoms with Crippen molar-refractivity contribution in [1.82, 2.24) is 5.32 Å². The third kappa shape index (κ3) is 6.76. The van der Waals surface area contributed by atoms with E-state index in [4.69, 9.17) is 9.47 Å². The van der Waals surface area contributed by atoms with Crippen molar-refractivity contribution in [3.8, 4) is 0 Å². The summed E-state index contributed by atoms with van der Waals surface area (Å²) in [5.41, 5.74) is 1.84. The highest BCUT2D eigenvalue weighted by atomic mass is 16.5. The van der Waals surface area contributed by atoms with Crippen LogP contribution in [0.1, 0.15) is 11.1 Å². The van der Waals surface area contributed by atoms with E-state index >= 15 is 0 Å². The van der Waals surface area contributed by atoms with Gasteiger partial charge in [0.1, 0.15) is 13.2 Å². The first-order valence-corrected chi connectivity index (χ1v) is 7.34. The Bertz CT molecular complexity index is 558. The highest BCUT2D eigenvalue weighted by Crippen LogP contribution is 2.01. The molecule has 0 aromatic heterocycles. The first kappa shape index (κ1) is 16.7. The third-order valence-corrected chi connectivity index (χ3v) is 3.02. The summed E-state index contributed by atoms with van der Waals surface area (Å²) in [7, 11) is 0. The van der Waals surface area contributed by atoms with E-state index in [1.807, 2.05) is 60.7 Å². The zero-order valence-corrected chi connectivity index (χ0v) is 12.7. The van der Waals surface area contributed by atoms with Gasteiger partial charge in [-0.2, -0.15) is 0 Å². The molecule has 0 saturated carbocycles. The van der Waals surface area contributed by atoms with Crippen LogP contribution in [-0.2, 0) is 32.3 Å². The summed E-state index contributed by atoms with van der Waals surface area (Å²) in [5, 5.41) is 2.71. The molecule has 0 saturated heterocycles. The fourth-order valence-electron chi connectivity index (χ4n) is 1.84. The minimum absolute atomic E-state index is 0.0345. The van der Waals surface area contributed by atoms with Gasteiger partial charge in [0.15, 0.2) is 0 Å². The molecule has 0 aliphatic rings. The van der Waals surface area contributed by atoms with Gasteiger partial charge in [0.25, 0.3) is 0 Å². The molecule has 0 aliphatic carbocycles. The zero-order chi connectivity index (χ0) is 16.3. The lowest BCUT2D eigenvalue weighted by Crippen LogP contribution is -2.30. The molecule has 0 atom stereocenters. The fraction of sp³-hybridized carbons (Fsp3) is 0.222. The van der Waals surface area contributed by atoms with Crippen molar-refractivity contribution in [2.24, 2.45) is 0 Å². The second-order valence-electron chi connectivity index (χ2n) is 4.90. The Labute approximate surface area is 135 Å². The Hall–Kier alpha value is -2.66. The molecule has 0 radical (unpaired) electrons. The highest BCUT2D eigenvalue weighted by Gasteiger charge is 2.06. The van der Waals surface area contributed by atoms with Gasteiger partial charge >= 0.3 is 11.9 Å². The Morgan fingerprint density at radius 2 is 1.09 bits per heavy atom. The van der Waals surface area contributed by atoms with Crippen molar-refractivity contribution in [2.45, 2.75) is 13.2 Å². The number of benzene rings is 2. The van der Waals surface area contributed by atoms with Gasteiger partial charge in [-0.05, 0) is 11.1 Å². The molecular weight excluding hydrogens is 294 g/mol. The predicted octanol–water partition coefficient (Wildman–Crippen LogP) is 2.06. The standard InChI is InChI=1S/C18H19NO4/c20-17(22-13-15-7-3-1-4-8-15)11-19-12-18(21)23-14-16-9-5-2-6-10-16/h1-10,19H,11-14H2. The van der Waals surface area contributed by atoms with Gasteiger partial charge in [0.2, 0.25) is 0 Å². The summed E-state index contributed by atoms with van der Waals surface area (Å²) in [6.07, 6.45) is 0. The number of hydrogen-bond donors (Lipinski definition) is 1. The molecule has 0 fully saturated rings. The van der Waals surface area contributed by atoms with Crippen LogP contribution < -0.4 is 5.32 Å². The minimum atomic E-state index is -0.412. The second-order valence-corrected chi connectivity index (χ2v) is 4.90. The van der Waals surface area contributed by atoms with Crippen LogP contribution in [0.5, 0.6) is 0 Å². The fourth-order valence-corrected chi connectivity index (χ4v) is 1.84. The lowest BCUT2D eigenvalue weighted by atomic mass is 10.2. The molecule has 0 heterocycles. The smallest absolute Gasteiger partial charge is 0.320 e. The summed E-state index contributed by atoms with van der Waals surface area (Å²) >= 11 is 0. The molecule has 5 nitrogen and oxygen atoms in total. The maximum Gasteiger partial charge on any atom is 0.320 e. The lowest BCUT2D eigenvalue weighted by molar-refractivity contribution is -0.145. The first-order chi connectivity index (χ1) is 11.2. The molecule has 0 spiro atoms. The number of carbonyl (C=O) groups excluding carboxylic acids is 2. The van der Waals surface area contributed by atoms with E-state index in [9.17, 15) is 9.59 Å². The van der Waals surface area contributed by atoms with Gasteiger partial charge in [-0.1, -0.05) is 60.7 Å². The molecule has 23 heavy (non-hydrogen) atoms. The van der Waals surface area contributed by atoms with Crippen LogP contribution in [0.25, 0.3) is 0 Å². The summed E-state index contributed by atoms with van der Waals surface area (Å²) in [5.74, 6) is -0.825. The molecule has 0 amide bonds. The summed E-state index contributed by atoms with van der Waals surface area (Å²) in [6.45, 7) is 0.375. The quantitative estimate of drug-likeness (QED) is 0.756. The molecule has 2 aromatic carbocycles. The van der Waals surface area contributed by atoms with Gasteiger partial charge in [-0.3, -0.25) is 14.9 Å². The number of ether oxygens (including phenoxy) is 2. The van der Waals surface area contributed by atoms with Crippen LogP contribution in [0.4, 0.5) is 0 Å². The predicted molar refractivity (Wildman–Crippen MR) is 85.3 cm³/mol. The zero-order valence-electron chi connectivity index (χ0n) is 12.7. The van der Waals surface area contributed by atoms with Gasteiger partial charge < -0.3 is 9.47 Å². The number of rotatable bonds is 8. The van der Waals surface area contributed by atoms with Crippen LogP contribution in [0.15, 0.2) is 60.7 Å². The van der Waals surface area contributed by atoms with Gasteiger partial charge in [-0.25, -0.2) is 0 Å². The van der Waals surface area contributed by atoms with Gasteiger partial charge in [0.05, 0.1) is 13.1 Å². The molecular formula is C18H19NO4. The molecule has 1 N–H and O–H groups in total.